The first-order valence-electron chi connectivity index (χ1n) is 8.84. The van der Waals surface area contributed by atoms with Gasteiger partial charge in [0.25, 0.3) is 5.91 Å². The number of rotatable bonds is 5. The van der Waals surface area contributed by atoms with Crippen LogP contribution in [0.1, 0.15) is 28.8 Å². The molecule has 1 aliphatic rings. The van der Waals surface area contributed by atoms with Crippen molar-refractivity contribution >= 4 is 21.7 Å². The van der Waals surface area contributed by atoms with Gasteiger partial charge in [0.05, 0.1) is 4.90 Å². The number of piperidine rings is 1. The van der Waals surface area contributed by atoms with Crippen LogP contribution in [0.15, 0.2) is 59.5 Å². The molecule has 1 amide bonds. The molecule has 6 nitrogen and oxygen atoms in total. The number of amides is 1. The monoisotopic (exact) mass is 386 g/mol. The van der Waals surface area contributed by atoms with Crippen LogP contribution in [0.4, 0.5) is 0 Å². The molecule has 0 aliphatic carbocycles. The SMILES string of the molecule is Cc1ccc(C(=O)C(=O)N2CCC(NS(=O)(=O)c3ccccc3)CC2)cc1. The number of hydrogen-bond donors (Lipinski definition) is 1. The number of hydrogen-bond acceptors (Lipinski definition) is 4. The van der Waals surface area contributed by atoms with E-state index in [9.17, 15) is 18.0 Å². The molecule has 1 aliphatic heterocycles. The van der Waals surface area contributed by atoms with E-state index in [4.69, 9.17) is 0 Å². The predicted molar refractivity (Wildman–Crippen MR) is 102 cm³/mol. The lowest BCUT2D eigenvalue weighted by atomic mass is 10.0. The lowest BCUT2D eigenvalue weighted by molar-refractivity contribution is -0.127. The van der Waals surface area contributed by atoms with Crippen LogP contribution in [0.3, 0.4) is 0 Å². The molecule has 0 atom stereocenters. The molecule has 1 N–H and O–H groups in total. The molecule has 0 radical (unpaired) electrons. The van der Waals surface area contributed by atoms with Crippen LogP contribution < -0.4 is 4.72 Å². The number of ketones is 1. The van der Waals surface area contributed by atoms with Gasteiger partial charge in [-0.05, 0) is 31.9 Å². The minimum atomic E-state index is -3.58. The van der Waals surface area contributed by atoms with Gasteiger partial charge < -0.3 is 4.90 Å². The molecule has 1 heterocycles. The second kappa shape index (κ2) is 8.02. The van der Waals surface area contributed by atoms with E-state index in [1.54, 1.807) is 54.6 Å². The summed E-state index contributed by atoms with van der Waals surface area (Å²) in [6.07, 6.45) is 0.942. The molecule has 0 aromatic heterocycles. The van der Waals surface area contributed by atoms with Crippen molar-refractivity contribution in [2.24, 2.45) is 0 Å². The number of sulfonamides is 1. The molecule has 0 bridgehead atoms. The summed E-state index contributed by atoms with van der Waals surface area (Å²) < 4.78 is 27.5. The molecule has 142 valence electrons. The van der Waals surface area contributed by atoms with Crippen LogP contribution in [-0.4, -0.2) is 44.1 Å². The standard InChI is InChI=1S/C20H22N2O4S/c1-15-7-9-16(10-8-15)19(23)20(24)22-13-11-17(12-14-22)21-27(25,26)18-5-3-2-4-6-18/h2-10,17,21H,11-14H2,1H3. The number of nitrogens with one attached hydrogen (secondary N) is 1. The summed E-state index contributed by atoms with van der Waals surface area (Å²) in [6.45, 7) is 2.61. The number of benzene rings is 2. The Morgan fingerprint density at radius 1 is 0.963 bits per heavy atom. The van der Waals surface area contributed by atoms with Crippen LogP contribution in [0.2, 0.25) is 0 Å². The fraction of sp³-hybridized carbons (Fsp3) is 0.300. The lowest BCUT2D eigenvalue weighted by Gasteiger charge is -2.31. The zero-order valence-corrected chi connectivity index (χ0v) is 15.9. The largest absolute Gasteiger partial charge is 0.336 e. The number of Topliss-reactive ketones (excluding diaryl/α,β-unsaturated/α-hetero) is 1. The molecule has 3 rings (SSSR count). The average molecular weight is 386 g/mol. The van der Waals surface area contributed by atoms with Gasteiger partial charge in [-0.3, -0.25) is 9.59 Å². The third-order valence-corrected chi connectivity index (χ3v) is 6.20. The Labute approximate surface area is 159 Å². The summed E-state index contributed by atoms with van der Waals surface area (Å²) in [5.41, 5.74) is 1.39. The van der Waals surface area contributed by atoms with Crippen molar-refractivity contribution in [2.45, 2.75) is 30.7 Å². The van der Waals surface area contributed by atoms with Crippen LogP contribution >= 0.6 is 0 Å². The van der Waals surface area contributed by atoms with Gasteiger partial charge in [-0.15, -0.1) is 0 Å². The summed E-state index contributed by atoms with van der Waals surface area (Å²) in [5.74, 6) is -1.07. The van der Waals surface area contributed by atoms with Gasteiger partial charge in [-0.2, -0.15) is 0 Å². The molecular formula is C20H22N2O4S. The van der Waals surface area contributed by atoms with Crippen molar-refractivity contribution in [1.82, 2.24) is 9.62 Å². The van der Waals surface area contributed by atoms with E-state index in [0.29, 0.717) is 31.5 Å². The third-order valence-electron chi connectivity index (χ3n) is 4.67. The molecule has 2 aromatic carbocycles. The molecule has 7 heteroatoms. The topological polar surface area (TPSA) is 83.6 Å². The van der Waals surface area contributed by atoms with Crippen LogP contribution in [0, 0.1) is 6.92 Å². The third kappa shape index (κ3) is 4.61. The van der Waals surface area contributed by atoms with Gasteiger partial charge in [-0.1, -0.05) is 48.0 Å². The first-order chi connectivity index (χ1) is 12.9. The van der Waals surface area contributed by atoms with E-state index in [0.717, 1.165) is 5.56 Å². The Morgan fingerprint density at radius 2 is 1.56 bits per heavy atom. The fourth-order valence-electron chi connectivity index (χ4n) is 3.06. The number of aryl methyl sites for hydroxylation is 1. The first-order valence-corrected chi connectivity index (χ1v) is 10.3. The number of nitrogens with zero attached hydrogens (tertiary/aromatic N) is 1. The van der Waals surface area contributed by atoms with Crippen molar-refractivity contribution in [2.75, 3.05) is 13.1 Å². The number of carbonyl (C=O) groups excluding carboxylic acids is 2. The van der Waals surface area contributed by atoms with E-state index < -0.39 is 21.7 Å². The fourth-order valence-corrected chi connectivity index (χ4v) is 4.39. The molecule has 2 aromatic rings. The minimum absolute atomic E-state index is 0.220. The Bertz CT molecular complexity index is 916. The Balaban J connectivity index is 1.58. The molecule has 1 saturated heterocycles. The zero-order valence-electron chi connectivity index (χ0n) is 15.1. The summed E-state index contributed by atoms with van der Waals surface area (Å²) in [6, 6.07) is 14.8. The summed E-state index contributed by atoms with van der Waals surface area (Å²) >= 11 is 0. The van der Waals surface area contributed by atoms with Crippen LogP contribution in [0.5, 0.6) is 0 Å². The number of carbonyl (C=O) groups is 2. The number of likely N-dealkylation sites (tertiary alicyclic amines) is 1. The second-order valence-corrected chi connectivity index (χ2v) is 8.41. The summed E-state index contributed by atoms with van der Waals surface area (Å²) in [4.78, 5) is 26.5. The highest BCUT2D eigenvalue weighted by Gasteiger charge is 2.29. The van der Waals surface area contributed by atoms with Gasteiger partial charge in [0.1, 0.15) is 0 Å². The van der Waals surface area contributed by atoms with E-state index in [2.05, 4.69) is 4.72 Å². The second-order valence-electron chi connectivity index (χ2n) is 6.70. The maximum Gasteiger partial charge on any atom is 0.294 e. The summed E-state index contributed by atoms with van der Waals surface area (Å²) in [5, 5.41) is 0. The van der Waals surface area contributed by atoms with Gasteiger partial charge in [-0.25, -0.2) is 13.1 Å². The van der Waals surface area contributed by atoms with Gasteiger partial charge in [0.2, 0.25) is 15.8 Å². The molecule has 0 saturated carbocycles. The molecular weight excluding hydrogens is 364 g/mol. The Morgan fingerprint density at radius 3 is 2.15 bits per heavy atom. The van der Waals surface area contributed by atoms with Gasteiger partial charge in [0.15, 0.2) is 0 Å². The first kappa shape index (κ1) is 19.3. The lowest BCUT2D eigenvalue weighted by Crippen LogP contribution is -2.48. The van der Waals surface area contributed by atoms with Crippen molar-refractivity contribution in [1.29, 1.82) is 0 Å². The highest BCUT2D eigenvalue weighted by molar-refractivity contribution is 7.89. The Hall–Kier alpha value is -2.51. The van der Waals surface area contributed by atoms with Gasteiger partial charge in [0, 0.05) is 24.7 Å². The van der Waals surface area contributed by atoms with Crippen molar-refractivity contribution in [3.05, 3.63) is 65.7 Å². The molecule has 27 heavy (non-hydrogen) atoms. The smallest absolute Gasteiger partial charge is 0.294 e. The van der Waals surface area contributed by atoms with Gasteiger partial charge >= 0.3 is 0 Å². The predicted octanol–water partition coefficient (Wildman–Crippen LogP) is 2.15. The minimum Gasteiger partial charge on any atom is -0.336 e. The van der Waals surface area contributed by atoms with Crippen molar-refractivity contribution < 1.29 is 18.0 Å². The van der Waals surface area contributed by atoms with E-state index in [1.807, 2.05) is 6.92 Å². The summed E-state index contributed by atoms with van der Waals surface area (Å²) in [7, 11) is -3.58. The van der Waals surface area contributed by atoms with Crippen molar-refractivity contribution in [3.8, 4) is 0 Å². The maximum atomic E-state index is 12.4. The highest BCUT2D eigenvalue weighted by atomic mass is 32.2. The average Bonchev–Trinajstić information content (AvgIpc) is 2.68. The molecule has 1 fully saturated rings. The molecule has 0 unspecified atom stereocenters. The molecule has 0 spiro atoms. The maximum absolute atomic E-state index is 12.4. The normalized spacial score (nSPS) is 15.5. The van der Waals surface area contributed by atoms with E-state index >= 15 is 0 Å². The van der Waals surface area contributed by atoms with Crippen molar-refractivity contribution in [3.63, 3.8) is 0 Å². The highest BCUT2D eigenvalue weighted by Crippen LogP contribution is 2.16. The quantitative estimate of drug-likeness (QED) is 0.630. The van der Waals surface area contributed by atoms with E-state index in [1.165, 1.54) is 4.90 Å². The van der Waals surface area contributed by atoms with Crippen LogP contribution in [0.25, 0.3) is 0 Å². The van der Waals surface area contributed by atoms with E-state index in [-0.39, 0.29) is 10.9 Å². The van der Waals surface area contributed by atoms with Crippen LogP contribution in [-0.2, 0) is 14.8 Å². The Kier molecular flexibility index (Phi) is 5.72. The zero-order chi connectivity index (χ0) is 19.4.